The number of fused-ring (bicyclic) bond motifs is 1. The molecule has 0 bridgehead atoms. The zero-order chi connectivity index (χ0) is 19.3. The fourth-order valence-corrected chi connectivity index (χ4v) is 4.11. The lowest BCUT2D eigenvalue weighted by molar-refractivity contribution is 0.0746. The van der Waals surface area contributed by atoms with Crippen molar-refractivity contribution >= 4 is 0 Å². The van der Waals surface area contributed by atoms with Gasteiger partial charge in [0.1, 0.15) is 12.7 Å². The second-order valence-electron chi connectivity index (χ2n) is 7.79. The van der Waals surface area contributed by atoms with E-state index in [2.05, 4.69) is 26.1 Å². The molecule has 4 rings (SSSR count). The van der Waals surface area contributed by atoms with Crippen LogP contribution in [0.5, 0.6) is 11.5 Å². The Kier molecular flexibility index (Phi) is 6.14. The smallest absolute Gasteiger partial charge is 0.161 e. The van der Waals surface area contributed by atoms with Crippen molar-refractivity contribution in [1.29, 1.82) is 0 Å². The first kappa shape index (κ1) is 19.2. The van der Waals surface area contributed by atoms with Gasteiger partial charge < -0.3 is 19.5 Å². The number of benzene rings is 1. The molecule has 7 heteroatoms. The fraction of sp³-hybridized carbons (Fsp3) is 0.571. The monoisotopic (exact) mass is 386 g/mol. The van der Waals surface area contributed by atoms with Gasteiger partial charge >= 0.3 is 0 Å². The molecule has 28 heavy (non-hydrogen) atoms. The van der Waals surface area contributed by atoms with Crippen LogP contribution in [-0.2, 0) is 19.5 Å². The van der Waals surface area contributed by atoms with Gasteiger partial charge in [0.15, 0.2) is 11.5 Å². The Bertz CT molecular complexity index is 773. The Balaban J connectivity index is 1.35. The zero-order valence-corrected chi connectivity index (χ0v) is 16.6. The SMILES string of the molecule is COc1ccc(CN2CCc3[nH]ncc3C2)cc1OCC(O)CN1CCCC1. The minimum Gasteiger partial charge on any atom is -0.493 e. The van der Waals surface area contributed by atoms with Crippen molar-refractivity contribution in [2.24, 2.45) is 0 Å². The van der Waals surface area contributed by atoms with Crippen molar-refractivity contribution in [2.45, 2.75) is 38.5 Å². The van der Waals surface area contributed by atoms with E-state index in [-0.39, 0.29) is 6.61 Å². The number of H-pyrrole nitrogens is 1. The van der Waals surface area contributed by atoms with Crippen LogP contribution in [0.1, 0.15) is 29.7 Å². The molecular formula is C21H30N4O3. The molecule has 1 fully saturated rings. The van der Waals surface area contributed by atoms with Crippen LogP contribution in [0.15, 0.2) is 24.4 Å². The minimum absolute atomic E-state index is 0.276. The van der Waals surface area contributed by atoms with Crippen LogP contribution in [0.4, 0.5) is 0 Å². The molecule has 1 unspecified atom stereocenters. The second-order valence-corrected chi connectivity index (χ2v) is 7.79. The molecular weight excluding hydrogens is 356 g/mol. The van der Waals surface area contributed by atoms with Crippen molar-refractivity contribution in [1.82, 2.24) is 20.0 Å². The number of β-amino-alcohol motifs (C(OH)–C–C–N with tert-alkyl or cyclic N) is 1. The van der Waals surface area contributed by atoms with E-state index in [0.29, 0.717) is 18.0 Å². The van der Waals surface area contributed by atoms with Crippen LogP contribution in [0, 0.1) is 0 Å². The lowest BCUT2D eigenvalue weighted by atomic mass is 10.1. The van der Waals surface area contributed by atoms with E-state index >= 15 is 0 Å². The van der Waals surface area contributed by atoms with Gasteiger partial charge in [0.2, 0.25) is 0 Å². The molecule has 0 amide bonds. The van der Waals surface area contributed by atoms with Crippen LogP contribution >= 0.6 is 0 Å². The summed E-state index contributed by atoms with van der Waals surface area (Å²) in [6.45, 7) is 5.85. The number of nitrogens with one attached hydrogen (secondary N) is 1. The number of methoxy groups -OCH3 is 1. The highest BCUT2D eigenvalue weighted by Gasteiger charge is 2.19. The summed E-state index contributed by atoms with van der Waals surface area (Å²) in [4.78, 5) is 4.70. The standard InChI is InChI=1S/C21H30N4O3/c1-27-20-5-4-16(12-25-9-6-19-17(13-25)11-22-23-19)10-21(20)28-15-18(26)14-24-7-2-3-8-24/h4-5,10-11,18,26H,2-3,6-9,12-15H2,1H3,(H,22,23). The molecule has 0 saturated carbocycles. The highest BCUT2D eigenvalue weighted by Crippen LogP contribution is 2.29. The van der Waals surface area contributed by atoms with E-state index in [1.54, 1.807) is 7.11 Å². The third-order valence-corrected chi connectivity index (χ3v) is 5.61. The van der Waals surface area contributed by atoms with Crippen molar-refractivity contribution in [3.05, 3.63) is 41.2 Å². The number of aromatic nitrogens is 2. The highest BCUT2D eigenvalue weighted by atomic mass is 16.5. The number of ether oxygens (including phenoxy) is 2. The quantitative estimate of drug-likeness (QED) is 0.721. The minimum atomic E-state index is -0.493. The molecule has 2 aromatic rings. The molecule has 1 saturated heterocycles. The van der Waals surface area contributed by atoms with E-state index in [4.69, 9.17) is 9.47 Å². The lowest BCUT2D eigenvalue weighted by Gasteiger charge is -2.26. The van der Waals surface area contributed by atoms with Crippen LogP contribution in [0.3, 0.4) is 0 Å². The van der Waals surface area contributed by atoms with E-state index < -0.39 is 6.10 Å². The molecule has 2 N–H and O–H groups in total. The van der Waals surface area contributed by atoms with Crippen LogP contribution in [-0.4, -0.2) is 71.1 Å². The first-order chi connectivity index (χ1) is 13.7. The molecule has 2 aliphatic rings. The van der Waals surface area contributed by atoms with Crippen molar-refractivity contribution in [2.75, 3.05) is 39.9 Å². The summed E-state index contributed by atoms with van der Waals surface area (Å²) in [5.41, 5.74) is 3.71. The number of rotatable bonds is 8. The number of hydrogen-bond donors (Lipinski definition) is 2. The highest BCUT2D eigenvalue weighted by molar-refractivity contribution is 5.43. The summed E-state index contributed by atoms with van der Waals surface area (Å²) in [7, 11) is 1.65. The molecule has 1 aromatic heterocycles. The molecule has 0 aliphatic carbocycles. The zero-order valence-electron chi connectivity index (χ0n) is 16.6. The van der Waals surface area contributed by atoms with Crippen LogP contribution in [0.25, 0.3) is 0 Å². The summed E-state index contributed by atoms with van der Waals surface area (Å²) in [6.07, 6.45) is 4.87. The first-order valence-corrected chi connectivity index (χ1v) is 10.1. The Morgan fingerprint density at radius 2 is 2.04 bits per heavy atom. The third kappa shape index (κ3) is 4.66. The average Bonchev–Trinajstić information content (AvgIpc) is 3.38. The molecule has 3 heterocycles. The first-order valence-electron chi connectivity index (χ1n) is 10.1. The molecule has 7 nitrogen and oxygen atoms in total. The maximum atomic E-state index is 10.3. The molecule has 2 aliphatic heterocycles. The summed E-state index contributed by atoms with van der Waals surface area (Å²) < 4.78 is 11.4. The van der Waals surface area contributed by atoms with Crippen molar-refractivity contribution < 1.29 is 14.6 Å². The number of aliphatic hydroxyl groups excluding tert-OH is 1. The van der Waals surface area contributed by atoms with Gasteiger partial charge in [-0.25, -0.2) is 0 Å². The average molecular weight is 386 g/mol. The van der Waals surface area contributed by atoms with Gasteiger partial charge in [-0.3, -0.25) is 10.00 Å². The predicted molar refractivity (Wildman–Crippen MR) is 107 cm³/mol. The van der Waals surface area contributed by atoms with Gasteiger partial charge in [-0.05, 0) is 43.6 Å². The second kappa shape index (κ2) is 8.94. The van der Waals surface area contributed by atoms with Gasteiger partial charge in [-0.15, -0.1) is 0 Å². The maximum Gasteiger partial charge on any atom is 0.161 e. The summed E-state index contributed by atoms with van der Waals surface area (Å²) >= 11 is 0. The predicted octanol–water partition coefficient (Wildman–Crippen LogP) is 1.81. The van der Waals surface area contributed by atoms with E-state index in [9.17, 15) is 5.11 Å². The van der Waals surface area contributed by atoms with Crippen molar-refractivity contribution in [3.63, 3.8) is 0 Å². The van der Waals surface area contributed by atoms with Crippen LogP contribution in [0.2, 0.25) is 0 Å². The number of nitrogens with zero attached hydrogens (tertiary/aromatic N) is 3. The number of likely N-dealkylation sites (tertiary alicyclic amines) is 1. The molecule has 1 aromatic carbocycles. The van der Waals surface area contributed by atoms with Gasteiger partial charge in [0.05, 0.1) is 13.3 Å². The normalized spacial score (nSPS) is 18.8. The lowest BCUT2D eigenvalue weighted by Crippen LogP contribution is -2.33. The number of hydrogen-bond acceptors (Lipinski definition) is 6. The fourth-order valence-electron chi connectivity index (χ4n) is 4.11. The Hall–Kier alpha value is -2.09. The molecule has 152 valence electrons. The molecule has 1 atom stereocenters. The van der Waals surface area contributed by atoms with E-state index in [1.807, 2.05) is 18.3 Å². The van der Waals surface area contributed by atoms with Gasteiger partial charge in [-0.2, -0.15) is 5.10 Å². The maximum absolute atomic E-state index is 10.3. The topological polar surface area (TPSA) is 73.8 Å². The molecule has 0 spiro atoms. The van der Waals surface area contributed by atoms with Gasteiger partial charge in [0, 0.05) is 43.9 Å². The van der Waals surface area contributed by atoms with Crippen molar-refractivity contribution in [3.8, 4) is 11.5 Å². The molecule has 0 radical (unpaired) electrons. The number of aliphatic hydroxyl groups is 1. The Labute approximate surface area is 166 Å². The van der Waals surface area contributed by atoms with Gasteiger partial charge in [0.25, 0.3) is 0 Å². The van der Waals surface area contributed by atoms with Gasteiger partial charge in [-0.1, -0.05) is 6.07 Å². The van der Waals surface area contributed by atoms with E-state index in [1.165, 1.54) is 29.7 Å². The Morgan fingerprint density at radius 1 is 1.18 bits per heavy atom. The third-order valence-electron chi connectivity index (χ3n) is 5.61. The summed E-state index contributed by atoms with van der Waals surface area (Å²) in [5.74, 6) is 1.40. The largest absolute Gasteiger partial charge is 0.493 e. The summed E-state index contributed by atoms with van der Waals surface area (Å²) in [5, 5.41) is 17.5. The number of aromatic amines is 1. The summed E-state index contributed by atoms with van der Waals surface area (Å²) in [6, 6.07) is 6.06. The van der Waals surface area contributed by atoms with E-state index in [0.717, 1.165) is 39.1 Å². The Morgan fingerprint density at radius 3 is 2.86 bits per heavy atom. The van der Waals surface area contributed by atoms with Crippen LogP contribution < -0.4 is 9.47 Å².